The second-order valence-corrected chi connectivity index (χ2v) is 9.61. The Morgan fingerprint density at radius 2 is 1.83 bits per heavy atom. The van der Waals surface area contributed by atoms with Gasteiger partial charge < -0.3 is 4.90 Å². The van der Waals surface area contributed by atoms with E-state index in [0.717, 1.165) is 12.5 Å². The zero-order valence-electron chi connectivity index (χ0n) is 16.7. The number of carbonyl (C=O) groups excluding carboxylic acids is 1. The Balaban J connectivity index is 1.80. The van der Waals surface area contributed by atoms with Crippen molar-refractivity contribution >= 4 is 27.3 Å². The summed E-state index contributed by atoms with van der Waals surface area (Å²) < 4.78 is 27.6. The van der Waals surface area contributed by atoms with Crippen LogP contribution in [0.15, 0.2) is 47.4 Å². The number of nitro benzene ring substituents is 1. The van der Waals surface area contributed by atoms with Crippen molar-refractivity contribution in [3.8, 4) is 0 Å². The lowest BCUT2D eigenvalue weighted by Gasteiger charge is -2.54. The molecule has 29 heavy (non-hydrogen) atoms. The summed E-state index contributed by atoms with van der Waals surface area (Å²) in [4.78, 5) is 24.8. The van der Waals surface area contributed by atoms with Gasteiger partial charge in [-0.1, -0.05) is 6.07 Å². The number of hydrogen-bond donors (Lipinski definition) is 1. The van der Waals surface area contributed by atoms with Crippen molar-refractivity contribution in [3.63, 3.8) is 0 Å². The van der Waals surface area contributed by atoms with Gasteiger partial charge in [-0.15, -0.1) is 0 Å². The molecule has 0 spiro atoms. The summed E-state index contributed by atoms with van der Waals surface area (Å²) in [6, 6.07) is 10.0. The minimum absolute atomic E-state index is 0.0997. The molecule has 1 heterocycles. The van der Waals surface area contributed by atoms with Gasteiger partial charge in [0.25, 0.3) is 21.6 Å². The Kier molecular flexibility index (Phi) is 5.12. The molecule has 154 valence electrons. The SMILES string of the molecule is Cc1ccc(S(=O)(=O)Nc2ccc(C(=O)N3C(C)CC3(C)C)cc2)cc1[N+](=O)[O-]. The minimum Gasteiger partial charge on any atom is -0.331 e. The normalized spacial score (nSPS) is 18.1. The number of aryl methyl sites for hydroxylation is 1. The van der Waals surface area contributed by atoms with Crippen molar-refractivity contribution in [2.24, 2.45) is 0 Å². The van der Waals surface area contributed by atoms with Crippen molar-refractivity contribution < 1.29 is 18.1 Å². The first-order chi connectivity index (χ1) is 13.4. The van der Waals surface area contributed by atoms with Gasteiger partial charge in [0.05, 0.1) is 9.82 Å². The highest BCUT2D eigenvalue weighted by atomic mass is 32.2. The van der Waals surface area contributed by atoms with E-state index in [1.807, 2.05) is 25.7 Å². The van der Waals surface area contributed by atoms with Gasteiger partial charge in [0.2, 0.25) is 0 Å². The zero-order chi connectivity index (χ0) is 21.6. The molecule has 0 aromatic heterocycles. The second-order valence-electron chi connectivity index (χ2n) is 7.93. The van der Waals surface area contributed by atoms with Crippen molar-refractivity contribution in [3.05, 3.63) is 63.7 Å². The number of nitrogens with one attached hydrogen (secondary N) is 1. The first-order valence-corrected chi connectivity index (χ1v) is 10.6. The van der Waals surface area contributed by atoms with Crippen molar-refractivity contribution in [2.45, 2.75) is 50.6 Å². The Hall–Kier alpha value is -2.94. The quantitative estimate of drug-likeness (QED) is 0.589. The summed E-state index contributed by atoms with van der Waals surface area (Å²) in [6.45, 7) is 7.55. The van der Waals surface area contributed by atoms with Crippen LogP contribution >= 0.6 is 0 Å². The predicted octanol–water partition coefficient (Wildman–Crippen LogP) is 3.72. The van der Waals surface area contributed by atoms with Crippen molar-refractivity contribution in [2.75, 3.05) is 4.72 Å². The molecule has 2 aromatic carbocycles. The smallest absolute Gasteiger partial charge is 0.273 e. The number of benzene rings is 2. The fourth-order valence-corrected chi connectivity index (χ4v) is 4.94. The van der Waals surface area contributed by atoms with Crippen LogP contribution in [-0.2, 0) is 10.0 Å². The van der Waals surface area contributed by atoms with Gasteiger partial charge in [0, 0.05) is 34.5 Å². The maximum atomic E-state index is 12.7. The van der Waals surface area contributed by atoms with E-state index in [1.54, 1.807) is 12.1 Å². The Labute approximate surface area is 169 Å². The summed E-state index contributed by atoms with van der Waals surface area (Å²) in [6.07, 6.45) is 0.930. The van der Waals surface area contributed by atoms with Crippen LogP contribution in [0.2, 0.25) is 0 Å². The van der Waals surface area contributed by atoms with Gasteiger partial charge in [0.15, 0.2) is 0 Å². The molecule has 2 aromatic rings. The number of sulfonamides is 1. The van der Waals surface area contributed by atoms with E-state index in [1.165, 1.54) is 31.2 Å². The monoisotopic (exact) mass is 417 g/mol. The van der Waals surface area contributed by atoms with E-state index in [4.69, 9.17) is 0 Å². The van der Waals surface area contributed by atoms with Gasteiger partial charge in [0.1, 0.15) is 0 Å². The molecule has 1 atom stereocenters. The molecule has 3 rings (SSSR count). The van der Waals surface area contributed by atoms with Crippen LogP contribution in [0.4, 0.5) is 11.4 Å². The van der Waals surface area contributed by atoms with Crippen molar-refractivity contribution in [1.29, 1.82) is 0 Å². The summed E-state index contributed by atoms with van der Waals surface area (Å²) >= 11 is 0. The Morgan fingerprint density at radius 3 is 2.34 bits per heavy atom. The number of anilines is 1. The van der Waals surface area contributed by atoms with E-state index in [2.05, 4.69) is 4.72 Å². The summed E-state index contributed by atoms with van der Waals surface area (Å²) in [7, 11) is -4.01. The fourth-order valence-electron chi connectivity index (χ4n) is 3.86. The van der Waals surface area contributed by atoms with Gasteiger partial charge in [-0.05, 0) is 64.4 Å². The number of nitro groups is 1. The maximum Gasteiger partial charge on any atom is 0.273 e. The number of carbonyl (C=O) groups is 1. The lowest BCUT2D eigenvalue weighted by molar-refractivity contribution is -0.385. The maximum absolute atomic E-state index is 12.7. The molecule has 1 saturated heterocycles. The van der Waals surface area contributed by atoms with Crippen LogP contribution in [0.1, 0.15) is 43.1 Å². The number of likely N-dealkylation sites (tertiary alicyclic amines) is 1. The predicted molar refractivity (Wildman–Crippen MR) is 109 cm³/mol. The van der Waals surface area contributed by atoms with Gasteiger partial charge >= 0.3 is 0 Å². The Bertz CT molecular complexity index is 1080. The molecule has 8 nitrogen and oxygen atoms in total. The molecule has 0 radical (unpaired) electrons. The average Bonchev–Trinajstić information content (AvgIpc) is 2.61. The van der Waals surface area contributed by atoms with Crippen molar-refractivity contribution in [1.82, 2.24) is 4.90 Å². The summed E-state index contributed by atoms with van der Waals surface area (Å²) in [5.74, 6) is -0.0997. The van der Waals surface area contributed by atoms with Gasteiger partial charge in [-0.25, -0.2) is 8.42 Å². The lowest BCUT2D eigenvalue weighted by atomic mass is 9.81. The molecule has 1 N–H and O–H groups in total. The average molecular weight is 417 g/mol. The number of amides is 1. The molecule has 9 heteroatoms. The van der Waals surface area contributed by atoms with E-state index in [0.29, 0.717) is 11.1 Å². The van der Waals surface area contributed by atoms with Crippen LogP contribution < -0.4 is 4.72 Å². The molecule has 0 bridgehead atoms. The highest BCUT2D eigenvalue weighted by molar-refractivity contribution is 7.92. The topological polar surface area (TPSA) is 110 Å². The first kappa shape index (κ1) is 20.8. The molecule has 1 aliphatic heterocycles. The molecule has 1 aliphatic rings. The van der Waals surface area contributed by atoms with Crippen LogP contribution in [-0.4, -0.2) is 35.7 Å². The first-order valence-electron chi connectivity index (χ1n) is 9.14. The third-order valence-electron chi connectivity index (χ3n) is 5.18. The highest BCUT2D eigenvalue weighted by Crippen LogP contribution is 2.37. The molecule has 1 fully saturated rings. The molecular weight excluding hydrogens is 394 g/mol. The van der Waals surface area contributed by atoms with Crippen LogP contribution in [0.3, 0.4) is 0 Å². The zero-order valence-corrected chi connectivity index (χ0v) is 17.5. The number of nitrogens with zero attached hydrogens (tertiary/aromatic N) is 2. The Morgan fingerprint density at radius 1 is 1.21 bits per heavy atom. The van der Waals surface area contributed by atoms with Gasteiger partial charge in [-0.3, -0.25) is 19.6 Å². The highest BCUT2D eigenvalue weighted by Gasteiger charge is 2.45. The lowest BCUT2D eigenvalue weighted by Crippen LogP contribution is -2.63. The van der Waals surface area contributed by atoms with Gasteiger partial charge in [-0.2, -0.15) is 0 Å². The third kappa shape index (κ3) is 3.95. The van der Waals surface area contributed by atoms with Crippen LogP contribution in [0, 0.1) is 17.0 Å². The summed E-state index contributed by atoms with van der Waals surface area (Å²) in [5, 5.41) is 11.1. The van der Waals surface area contributed by atoms with E-state index < -0.39 is 14.9 Å². The molecule has 0 saturated carbocycles. The molecular formula is C20H23N3O5S. The van der Waals surface area contributed by atoms with Crippen LogP contribution in [0.25, 0.3) is 0 Å². The molecule has 0 aliphatic carbocycles. The molecule has 1 amide bonds. The number of hydrogen-bond acceptors (Lipinski definition) is 5. The van der Waals surface area contributed by atoms with E-state index in [-0.39, 0.29) is 33.8 Å². The van der Waals surface area contributed by atoms with E-state index >= 15 is 0 Å². The standard InChI is InChI=1S/C20H23N3O5S/c1-13-5-10-17(11-18(13)23(25)26)29(27,28)21-16-8-6-15(7-9-16)19(24)22-14(2)12-20(22,3)4/h5-11,14,21H,12H2,1-4H3. The largest absolute Gasteiger partial charge is 0.331 e. The number of rotatable bonds is 5. The minimum atomic E-state index is -4.01. The third-order valence-corrected chi connectivity index (χ3v) is 6.56. The molecule has 1 unspecified atom stereocenters. The fraction of sp³-hybridized carbons (Fsp3) is 0.350. The summed E-state index contributed by atoms with van der Waals surface area (Å²) in [5.41, 5.74) is 0.649. The van der Waals surface area contributed by atoms with Crippen LogP contribution in [0.5, 0.6) is 0 Å². The second kappa shape index (κ2) is 7.14. The van der Waals surface area contributed by atoms with E-state index in [9.17, 15) is 23.3 Å².